The maximum absolute atomic E-state index is 8.78. The molecule has 2 heterocycles. The van der Waals surface area contributed by atoms with Crippen molar-refractivity contribution in [3.8, 4) is 0 Å². The Labute approximate surface area is 122 Å². The maximum atomic E-state index is 8.78. The number of aliphatic hydroxyl groups excluding tert-OH is 1. The molecule has 0 aliphatic carbocycles. The number of thiazole rings is 1. The van der Waals surface area contributed by atoms with Gasteiger partial charge in [0.2, 0.25) is 0 Å². The van der Waals surface area contributed by atoms with Crippen LogP contribution in [-0.4, -0.2) is 42.5 Å². The van der Waals surface area contributed by atoms with E-state index in [1.165, 1.54) is 0 Å². The summed E-state index contributed by atoms with van der Waals surface area (Å²) in [5, 5.41) is 9.84. The molecule has 3 rings (SSSR count). The van der Waals surface area contributed by atoms with Crippen molar-refractivity contribution in [3.05, 3.63) is 18.2 Å². The average molecular weight is 293 g/mol. The van der Waals surface area contributed by atoms with E-state index >= 15 is 0 Å². The van der Waals surface area contributed by atoms with Gasteiger partial charge in [0.15, 0.2) is 5.13 Å². The smallest absolute Gasteiger partial charge is 0.186 e. The van der Waals surface area contributed by atoms with E-state index in [4.69, 9.17) is 15.6 Å². The molecule has 5 nitrogen and oxygen atoms in total. The summed E-state index contributed by atoms with van der Waals surface area (Å²) in [4.78, 5) is 6.98. The Morgan fingerprint density at radius 2 is 2.20 bits per heavy atom. The van der Waals surface area contributed by atoms with Crippen LogP contribution in [0, 0.1) is 0 Å². The van der Waals surface area contributed by atoms with Crippen molar-refractivity contribution in [3.63, 3.8) is 0 Å². The van der Waals surface area contributed by atoms with Crippen LogP contribution in [0.2, 0.25) is 0 Å². The Bertz CT molecular complexity index is 579. The molecule has 0 spiro atoms. The number of ether oxygens (including phenoxy) is 1. The van der Waals surface area contributed by atoms with Gasteiger partial charge in [-0.15, -0.1) is 0 Å². The molecule has 2 aromatic rings. The van der Waals surface area contributed by atoms with Gasteiger partial charge in [-0.1, -0.05) is 11.3 Å². The van der Waals surface area contributed by atoms with Crippen molar-refractivity contribution < 1.29 is 9.84 Å². The number of nitrogen functional groups attached to an aromatic ring is 1. The van der Waals surface area contributed by atoms with Gasteiger partial charge >= 0.3 is 0 Å². The number of piperidine rings is 1. The van der Waals surface area contributed by atoms with Crippen LogP contribution in [0.1, 0.15) is 12.8 Å². The first-order chi connectivity index (χ1) is 9.76. The summed E-state index contributed by atoms with van der Waals surface area (Å²) in [5.74, 6) is 0. The molecule has 20 heavy (non-hydrogen) atoms. The summed E-state index contributed by atoms with van der Waals surface area (Å²) in [6.07, 6.45) is 2.24. The molecule has 0 atom stereocenters. The lowest BCUT2D eigenvalue weighted by atomic mass is 10.1. The van der Waals surface area contributed by atoms with Gasteiger partial charge in [-0.2, -0.15) is 0 Å². The Morgan fingerprint density at radius 3 is 2.95 bits per heavy atom. The third-order valence-electron chi connectivity index (χ3n) is 3.56. The van der Waals surface area contributed by atoms with E-state index in [-0.39, 0.29) is 12.7 Å². The number of fused-ring (bicyclic) bond motifs is 1. The second-order valence-electron chi connectivity index (χ2n) is 5.00. The fraction of sp³-hybridized carbons (Fsp3) is 0.500. The number of hydrogen-bond acceptors (Lipinski definition) is 6. The van der Waals surface area contributed by atoms with Crippen LogP contribution >= 0.6 is 11.3 Å². The highest BCUT2D eigenvalue weighted by Gasteiger charge is 2.21. The van der Waals surface area contributed by atoms with Crippen LogP contribution in [0.25, 0.3) is 10.2 Å². The molecule has 6 heteroatoms. The topological polar surface area (TPSA) is 71.6 Å². The molecule has 0 radical (unpaired) electrons. The summed E-state index contributed by atoms with van der Waals surface area (Å²) in [7, 11) is 0. The molecule has 0 unspecified atom stereocenters. The molecular weight excluding hydrogens is 274 g/mol. The molecule has 1 saturated heterocycles. The number of hydrogen-bond donors (Lipinski definition) is 2. The molecule has 1 aromatic carbocycles. The summed E-state index contributed by atoms with van der Waals surface area (Å²) in [6.45, 7) is 2.43. The fourth-order valence-corrected chi connectivity index (χ4v) is 3.56. The van der Waals surface area contributed by atoms with Crippen LogP contribution in [0.5, 0.6) is 0 Å². The van der Waals surface area contributed by atoms with Gasteiger partial charge in [0, 0.05) is 18.8 Å². The zero-order valence-electron chi connectivity index (χ0n) is 11.3. The molecule has 108 valence electrons. The normalized spacial score (nSPS) is 16.9. The zero-order valence-corrected chi connectivity index (χ0v) is 12.1. The lowest BCUT2D eigenvalue weighted by Crippen LogP contribution is -2.37. The third kappa shape index (κ3) is 2.87. The van der Waals surface area contributed by atoms with Gasteiger partial charge in [-0.05, 0) is 31.0 Å². The lowest BCUT2D eigenvalue weighted by molar-refractivity contribution is 0.0159. The van der Waals surface area contributed by atoms with E-state index < -0.39 is 0 Å². The monoisotopic (exact) mass is 293 g/mol. The average Bonchev–Trinajstić information content (AvgIpc) is 2.88. The van der Waals surface area contributed by atoms with Crippen molar-refractivity contribution in [2.24, 2.45) is 0 Å². The molecule has 1 fully saturated rings. The minimum atomic E-state index is 0.0967. The minimum absolute atomic E-state index is 0.0967. The van der Waals surface area contributed by atoms with Crippen molar-refractivity contribution >= 4 is 32.4 Å². The van der Waals surface area contributed by atoms with Gasteiger partial charge in [-0.3, -0.25) is 0 Å². The Kier molecular flexibility index (Phi) is 4.05. The Balaban J connectivity index is 1.67. The minimum Gasteiger partial charge on any atom is -0.399 e. The standard InChI is InChI=1S/C14H19N3O2S/c15-10-1-2-12-13(9-10)20-14(16-12)17-5-3-11(4-6-17)19-8-7-18/h1-2,9,11,18H,3-8,15H2. The first-order valence-corrected chi connectivity index (χ1v) is 7.71. The first-order valence-electron chi connectivity index (χ1n) is 6.90. The zero-order chi connectivity index (χ0) is 13.9. The predicted octanol–water partition coefficient (Wildman–Crippen LogP) is 1.86. The molecule has 1 aliphatic rings. The van der Waals surface area contributed by atoms with Gasteiger partial charge in [0.1, 0.15) is 0 Å². The number of aliphatic hydroxyl groups is 1. The van der Waals surface area contributed by atoms with Gasteiger partial charge in [-0.25, -0.2) is 4.98 Å². The summed E-state index contributed by atoms with van der Waals surface area (Å²) in [6, 6.07) is 5.84. The maximum Gasteiger partial charge on any atom is 0.186 e. The SMILES string of the molecule is Nc1ccc2nc(N3CCC(OCCO)CC3)sc2c1. The first kappa shape index (κ1) is 13.6. The van der Waals surface area contributed by atoms with E-state index in [0.717, 1.165) is 47.0 Å². The highest BCUT2D eigenvalue weighted by atomic mass is 32.1. The summed E-state index contributed by atoms with van der Waals surface area (Å²) in [5.41, 5.74) is 7.60. The van der Waals surface area contributed by atoms with Crippen LogP contribution in [0.4, 0.5) is 10.8 Å². The largest absolute Gasteiger partial charge is 0.399 e. The highest BCUT2D eigenvalue weighted by Crippen LogP contribution is 2.31. The molecule has 0 amide bonds. The van der Waals surface area contributed by atoms with E-state index in [2.05, 4.69) is 9.88 Å². The summed E-state index contributed by atoms with van der Waals surface area (Å²) < 4.78 is 6.72. The second-order valence-corrected chi connectivity index (χ2v) is 6.01. The number of aromatic nitrogens is 1. The van der Waals surface area contributed by atoms with Gasteiger partial charge in [0.05, 0.1) is 29.5 Å². The molecular formula is C14H19N3O2S. The number of rotatable bonds is 4. The van der Waals surface area contributed by atoms with Crippen molar-refractivity contribution in [2.45, 2.75) is 18.9 Å². The third-order valence-corrected chi connectivity index (χ3v) is 4.64. The van der Waals surface area contributed by atoms with Crippen LogP contribution in [0.3, 0.4) is 0 Å². The van der Waals surface area contributed by atoms with Crippen LogP contribution in [-0.2, 0) is 4.74 Å². The van der Waals surface area contributed by atoms with E-state index in [9.17, 15) is 0 Å². The molecule has 1 aromatic heterocycles. The number of nitrogens with two attached hydrogens (primary N) is 1. The van der Waals surface area contributed by atoms with Crippen molar-refractivity contribution in [1.82, 2.24) is 4.98 Å². The Morgan fingerprint density at radius 1 is 1.40 bits per heavy atom. The van der Waals surface area contributed by atoms with Gasteiger partial charge in [0.25, 0.3) is 0 Å². The number of benzene rings is 1. The molecule has 1 aliphatic heterocycles. The van der Waals surface area contributed by atoms with E-state index in [1.807, 2.05) is 18.2 Å². The Hall–Kier alpha value is -1.37. The van der Waals surface area contributed by atoms with E-state index in [0.29, 0.717) is 6.61 Å². The van der Waals surface area contributed by atoms with Crippen LogP contribution in [0.15, 0.2) is 18.2 Å². The van der Waals surface area contributed by atoms with Crippen molar-refractivity contribution in [2.75, 3.05) is 36.9 Å². The quantitative estimate of drug-likeness (QED) is 0.842. The highest BCUT2D eigenvalue weighted by molar-refractivity contribution is 7.22. The van der Waals surface area contributed by atoms with Crippen LogP contribution < -0.4 is 10.6 Å². The fourth-order valence-electron chi connectivity index (χ4n) is 2.50. The lowest BCUT2D eigenvalue weighted by Gasteiger charge is -2.31. The van der Waals surface area contributed by atoms with Crippen molar-refractivity contribution in [1.29, 1.82) is 0 Å². The second kappa shape index (κ2) is 5.95. The number of anilines is 2. The molecule has 3 N–H and O–H groups in total. The predicted molar refractivity (Wildman–Crippen MR) is 82.3 cm³/mol. The summed E-state index contributed by atoms with van der Waals surface area (Å²) >= 11 is 1.69. The number of nitrogens with zero attached hydrogens (tertiary/aromatic N) is 2. The van der Waals surface area contributed by atoms with E-state index in [1.54, 1.807) is 11.3 Å². The molecule has 0 saturated carbocycles. The molecule has 0 bridgehead atoms. The van der Waals surface area contributed by atoms with Gasteiger partial charge < -0.3 is 20.5 Å².